The Labute approximate surface area is 209 Å². The predicted octanol–water partition coefficient (Wildman–Crippen LogP) is 3.49. The van der Waals surface area contributed by atoms with E-state index in [1.807, 2.05) is 52.0 Å². The van der Waals surface area contributed by atoms with E-state index in [1.165, 1.54) is 4.90 Å². The maximum atomic E-state index is 13.7. The first-order chi connectivity index (χ1) is 16.5. The summed E-state index contributed by atoms with van der Waals surface area (Å²) in [7, 11) is -3.83. The lowest BCUT2D eigenvalue weighted by Crippen LogP contribution is -2.53. The van der Waals surface area contributed by atoms with Gasteiger partial charge in [0.05, 0.1) is 18.6 Å². The number of carbonyl (C=O) groups excluding carboxylic acids is 2. The number of ether oxygens (including phenoxy) is 1. The number of hydrogen-bond donors (Lipinski definition) is 1. The number of rotatable bonds is 12. The van der Waals surface area contributed by atoms with Crippen LogP contribution in [0.25, 0.3) is 0 Å². The number of anilines is 1. The fourth-order valence-electron chi connectivity index (χ4n) is 3.81. The van der Waals surface area contributed by atoms with Gasteiger partial charge in [-0.1, -0.05) is 43.3 Å². The van der Waals surface area contributed by atoms with E-state index in [4.69, 9.17) is 4.74 Å². The summed E-state index contributed by atoms with van der Waals surface area (Å²) in [5, 5.41) is 2.89. The number of nitrogens with zero attached hydrogens (tertiary/aromatic N) is 2. The van der Waals surface area contributed by atoms with Crippen molar-refractivity contribution in [2.45, 2.75) is 59.7 Å². The third-order valence-corrected chi connectivity index (χ3v) is 6.66. The largest absolute Gasteiger partial charge is 0.492 e. The fraction of sp³-hybridized carbons (Fsp3) is 0.462. The van der Waals surface area contributed by atoms with Crippen LogP contribution in [0, 0.1) is 6.92 Å². The lowest BCUT2D eigenvalue weighted by Gasteiger charge is -2.33. The number of benzene rings is 2. The maximum absolute atomic E-state index is 13.7. The summed E-state index contributed by atoms with van der Waals surface area (Å²) in [6, 6.07) is 13.5. The molecule has 35 heavy (non-hydrogen) atoms. The molecule has 0 bridgehead atoms. The first-order valence-electron chi connectivity index (χ1n) is 11.8. The normalized spacial score (nSPS) is 12.2. The molecule has 1 unspecified atom stereocenters. The number of carbonyl (C=O) groups is 2. The molecule has 0 aromatic heterocycles. The summed E-state index contributed by atoms with van der Waals surface area (Å²) >= 11 is 0. The molecular weight excluding hydrogens is 466 g/mol. The van der Waals surface area contributed by atoms with Gasteiger partial charge in [0.15, 0.2) is 0 Å². The second kappa shape index (κ2) is 12.6. The quantitative estimate of drug-likeness (QED) is 0.478. The number of aryl methyl sites for hydroxylation is 1. The predicted molar refractivity (Wildman–Crippen MR) is 139 cm³/mol. The highest BCUT2D eigenvalue weighted by molar-refractivity contribution is 7.92. The van der Waals surface area contributed by atoms with Crippen molar-refractivity contribution in [3.63, 3.8) is 0 Å². The number of sulfonamides is 1. The molecule has 192 valence electrons. The van der Waals surface area contributed by atoms with Crippen LogP contribution in [0.3, 0.4) is 0 Å². The zero-order chi connectivity index (χ0) is 26.2. The number of amides is 2. The van der Waals surface area contributed by atoms with Crippen LogP contribution in [0.2, 0.25) is 0 Å². The Morgan fingerprint density at radius 3 is 2.23 bits per heavy atom. The Morgan fingerprint density at radius 2 is 1.66 bits per heavy atom. The summed E-state index contributed by atoms with van der Waals surface area (Å²) in [6.07, 6.45) is 1.43. The molecule has 8 nitrogen and oxygen atoms in total. The van der Waals surface area contributed by atoms with Crippen molar-refractivity contribution >= 4 is 27.5 Å². The van der Waals surface area contributed by atoms with Crippen LogP contribution in [0.15, 0.2) is 48.5 Å². The van der Waals surface area contributed by atoms with Gasteiger partial charge in [-0.25, -0.2) is 8.42 Å². The second-order valence-electron chi connectivity index (χ2n) is 8.71. The van der Waals surface area contributed by atoms with Gasteiger partial charge in [0, 0.05) is 12.6 Å². The second-order valence-corrected chi connectivity index (χ2v) is 10.6. The Bertz CT molecular complexity index is 1120. The molecule has 0 aliphatic carbocycles. The number of hydrogen-bond acceptors (Lipinski definition) is 5. The molecule has 1 N–H and O–H groups in total. The van der Waals surface area contributed by atoms with Gasteiger partial charge < -0.3 is 15.0 Å². The zero-order valence-corrected chi connectivity index (χ0v) is 22.3. The van der Waals surface area contributed by atoms with Crippen LogP contribution >= 0.6 is 0 Å². The number of nitrogens with one attached hydrogen (secondary N) is 1. The van der Waals surface area contributed by atoms with Crippen molar-refractivity contribution in [2.24, 2.45) is 0 Å². The SMILES string of the molecule is CCOc1ccccc1N(CC(=O)N(Cc1ccccc1C)C(CC)C(=O)NC(C)C)S(C)(=O)=O. The minimum atomic E-state index is -3.83. The van der Waals surface area contributed by atoms with E-state index in [0.717, 1.165) is 21.7 Å². The highest BCUT2D eigenvalue weighted by atomic mass is 32.2. The molecule has 0 fully saturated rings. The Morgan fingerprint density at radius 1 is 1.03 bits per heavy atom. The van der Waals surface area contributed by atoms with Crippen LogP contribution in [-0.4, -0.2) is 56.6 Å². The van der Waals surface area contributed by atoms with E-state index >= 15 is 0 Å². The zero-order valence-electron chi connectivity index (χ0n) is 21.4. The third-order valence-electron chi connectivity index (χ3n) is 5.53. The molecule has 0 radical (unpaired) electrons. The molecule has 0 heterocycles. The van der Waals surface area contributed by atoms with Crippen molar-refractivity contribution in [3.05, 3.63) is 59.7 Å². The molecule has 2 aromatic carbocycles. The Balaban J connectivity index is 2.50. The molecule has 0 spiro atoms. The van der Waals surface area contributed by atoms with Crippen molar-refractivity contribution in [2.75, 3.05) is 23.7 Å². The van der Waals surface area contributed by atoms with Crippen LogP contribution in [-0.2, 0) is 26.2 Å². The van der Waals surface area contributed by atoms with Gasteiger partial charge in [-0.2, -0.15) is 0 Å². The van der Waals surface area contributed by atoms with E-state index < -0.39 is 28.5 Å². The van der Waals surface area contributed by atoms with Gasteiger partial charge in [-0.15, -0.1) is 0 Å². The summed E-state index contributed by atoms with van der Waals surface area (Å²) in [5.74, 6) is -0.385. The molecule has 2 amide bonds. The molecule has 2 rings (SSSR count). The highest BCUT2D eigenvalue weighted by Gasteiger charge is 2.32. The topological polar surface area (TPSA) is 96.0 Å². The van der Waals surface area contributed by atoms with Crippen molar-refractivity contribution in [1.29, 1.82) is 0 Å². The van der Waals surface area contributed by atoms with E-state index in [1.54, 1.807) is 31.2 Å². The standard InChI is InChI=1S/C26H37N3O5S/c1-7-22(26(31)27-19(3)4)28(17-21-14-10-9-13-20(21)5)25(30)18-29(35(6,32)33)23-15-11-12-16-24(23)34-8-2/h9-16,19,22H,7-8,17-18H2,1-6H3,(H,27,31). The lowest BCUT2D eigenvalue weighted by molar-refractivity contribution is -0.140. The van der Waals surface area contributed by atoms with E-state index in [0.29, 0.717) is 18.8 Å². The van der Waals surface area contributed by atoms with Gasteiger partial charge in [0.25, 0.3) is 0 Å². The Hall–Kier alpha value is -3.07. The van der Waals surface area contributed by atoms with E-state index in [-0.39, 0.29) is 24.2 Å². The average molecular weight is 504 g/mol. The molecular formula is C26H37N3O5S. The van der Waals surface area contributed by atoms with Gasteiger partial charge in [0.1, 0.15) is 18.3 Å². The van der Waals surface area contributed by atoms with Gasteiger partial charge in [-0.3, -0.25) is 13.9 Å². The van der Waals surface area contributed by atoms with Gasteiger partial charge in [-0.05, 0) is 57.4 Å². The summed E-state index contributed by atoms with van der Waals surface area (Å²) < 4.78 is 32.3. The Kier molecular flexibility index (Phi) is 10.1. The lowest BCUT2D eigenvalue weighted by atomic mass is 10.1. The maximum Gasteiger partial charge on any atom is 0.244 e. The van der Waals surface area contributed by atoms with Crippen LogP contribution < -0.4 is 14.4 Å². The minimum absolute atomic E-state index is 0.0995. The molecule has 0 saturated carbocycles. The van der Waals surface area contributed by atoms with E-state index in [2.05, 4.69) is 5.32 Å². The monoisotopic (exact) mass is 503 g/mol. The molecule has 2 aromatic rings. The molecule has 0 aliphatic rings. The summed E-state index contributed by atoms with van der Waals surface area (Å²) in [6.45, 7) is 9.35. The molecule has 9 heteroatoms. The molecule has 0 aliphatic heterocycles. The van der Waals surface area contributed by atoms with Crippen molar-refractivity contribution in [1.82, 2.24) is 10.2 Å². The smallest absolute Gasteiger partial charge is 0.244 e. The fourth-order valence-corrected chi connectivity index (χ4v) is 4.66. The van der Waals surface area contributed by atoms with Gasteiger partial charge in [0.2, 0.25) is 21.8 Å². The van der Waals surface area contributed by atoms with Crippen LogP contribution in [0.5, 0.6) is 5.75 Å². The van der Waals surface area contributed by atoms with Gasteiger partial charge >= 0.3 is 0 Å². The summed E-state index contributed by atoms with van der Waals surface area (Å²) in [4.78, 5) is 28.3. The first kappa shape index (κ1) is 28.2. The first-order valence-corrected chi connectivity index (χ1v) is 13.7. The average Bonchev–Trinajstić information content (AvgIpc) is 2.78. The highest BCUT2D eigenvalue weighted by Crippen LogP contribution is 2.30. The van der Waals surface area contributed by atoms with Crippen molar-refractivity contribution in [3.8, 4) is 5.75 Å². The molecule has 1 atom stereocenters. The minimum Gasteiger partial charge on any atom is -0.492 e. The van der Waals surface area contributed by atoms with Crippen LogP contribution in [0.4, 0.5) is 5.69 Å². The van der Waals surface area contributed by atoms with Crippen molar-refractivity contribution < 1.29 is 22.7 Å². The molecule has 0 saturated heterocycles. The third kappa shape index (κ3) is 7.71. The summed E-state index contributed by atoms with van der Waals surface area (Å²) in [5.41, 5.74) is 2.14. The number of para-hydroxylation sites is 2. The van der Waals surface area contributed by atoms with Crippen LogP contribution in [0.1, 0.15) is 45.2 Å². The van der Waals surface area contributed by atoms with E-state index in [9.17, 15) is 18.0 Å².